The molecule has 2 rings (SSSR count). The summed E-state index contributed by atoms with van der Waals surface area (Å²) in [7, 11) is 1.83. The van der Waals surface area contributed by atoms with Crippen LogP contribution < -0.4 is 16.0 Å². The summed E-state index contributed by atoms with van der Waals surface area (Å²) in [6.45, 7) is 2.36. The van der Waals surface area contributed by atoms with Crippen LogP contribution in [0.2, 0.25) is 0 Å². The van der Waals surface area contributed by atoms with Crippen molar-refractivity contribution in [2.45, 2.75) is 19.4 Å². The number of hydrogen-bond donors (Lipinski definition) is 3. The topological polar surface area (TPSA) is 88.1 Å². The van der Waals surface area contributed by atoms with Crippen LogP contribution in [0.25, 0.3) is 0 Å². The van der Waals surface area contributed by atoms with E-state index in [0.29, 0.717) is 25.3 Å². The Kier molecular flexibility index (Phi) is 6.50. The highest BCUT2D eigenvalue weighted by Crippen LogP contribution is 2.20. The number of imidazole rings is 1. The lowest BCUT2D eigenvalue weighted by Crippen LogP contribution is -2.40. The summed E-state index contributed by atoms with van der Waals surface area (Å²) in [5.74, 6) is 0.195. The second-order valence-electron chi connectivity index (χ2n) is 5.62. The zero-order chi connectivity index (χ0) is 18.2. The molecule has 1 aromatic heterocycles. The number of amides is 3. The lowest BCUT2D eigenvalue weighted by atomic mass is 10.1. The quantitative estimate of drug-likeness (QED) is 0.663. The molecule has 0 bridgehead atoms. The average molecular weight is 347 g/mol. The van der Waals surface area contributed by atoms with Gasteiger partial charge in [0.1, 0.15) is 17.7 Å². The zero-order valence-corrected chi connectivity index (χ0v) is 14.3. The van der Waals surface area contributed by atoms with Crippen LogP contribution in [0, 0.1) is 5.82 Å². The molecule has 134 valence electrons. The predicted molar refractivity (Wildman–Crippen MR) is 91.3 cm³/mol. The summed E-state index contributed by atoms with van der Waals surface area (Å²) >= 11 is 0. The van der Waals surface area contributed by atoms with Gasteiger partial charge in [-0.3, -0.25) is 4.79 Å². The van der Waals surface area contributed by atoms with Gasteiger partial charge in [0.15, 0.2) is 0 Å². The molecule has 0 saturated heterocycles. The van der Waals surface area contributed by atoms with Gasteiger partial charge < -0.3 is 20.5 Å². The van der Waals surface area contributed by atoms with Crippen molar-refractivity contribution in [3.63, 3.8) is 0 Å². The molecule has 1 atom stereocenters. The Bertz CT molecular complexity index is 714. The molecular formula is C17H22FN5O2. The Morgan fingerprint density at radius 3 is 2.48 bits per heavy atom. The maximum Gasteiger partial charge on any atom is 0.315 e. The predicted octanol–water partition coefficient (Wildman–Crippen LogP) is 1.47. The molecule has 3 N–H and O–H groups in total. The number of aryl methyl sites for hydroxylation is 1. The van der Waals surface area contributed by atoms with Crippen LogP contribution >= 0.6 is 0 Å². The first kappa shape index (κ1) is 18.4. The molecule has 0 saturated carbocycles. The van der Waals surface area contributed by atoms with Crippen molar-refractivity contribution in [1.82, 2.24) is 25.5 Å². The van der Waals surface area contributed by atoms with Gasteiger partial charge in [0.25, 0.3) is 0 Å². The van der Waals surface area contributed by atoms with E-state index in [1.165, 1.54) is 19.1 Å². The lowest BCUT2D eigenvalue weighted by Gasteiger charge is -2.19. The number of nitrogens with zero attached hydrogens (tertiary/aromatic N) is 2. The van der Waals surface area contributed by atoms with E-state index in [1.807, 2.05) is 7.05 Å². The first-order valence-electron chi connectivity index (χ1n) is 7.99. The zero-order valence-electron chi connectivity index (χ0n) is 14.3. The van der Waals surface area contributed by atoms with Crippen molar-refractivity contribution in [3.05, 3.63) is 53.9 Å². The minimum atomic E-state index is -0.504. The van der Waals surface area contributed by atoms with E-state index in [1.54, 1.807) is 29.1 Å². The van der Waals surface area contributed by atoms with Crippen molar-refractivity contribution >= 4 is 11.9 Å². The molecule has 25 heavy (non-hydrogen) atoms. The highest BCUT2D eigenvalue weighted by Gasteiger charge is 2.20. The smallest absolute Gasteiger partial charge is 0.315 e. The first-order valence-corrected chi connectivity index (χ1v) is 7.99. The third kappa shape index (κ3) is 5.59. The summed E-state index contributed by atoms with van der Waals surface area (Å²) in [4.78, 5) is 27.2. The average Bonchev–Trinajstić information content (AvgIpc) is 2.99. The number of halogens is 1. The van der Waals surface area contributed by atoms with E-state index < -0.39 is 6.04 Å². The van der Waals surface area contributed by atoms with Crippen molar-refractivity contribution in [2.75, 3.05) is 13.1 Å². The summed E-state index contributed by atoms with van der Waals surface area (Å²) in [6, 6.07) is 5.06. The molecule has 7 nitrogen and oxygen atoms in total. The minimum Gasteiger partial charge on any atom is -0.356 e. The summed E-state index contributed by atoms with van der Waals surface area (Å²) in [5, 5.41) is 8.25. The van der Waals surface area contributed by atoms with Gasteiger partial charge in [0.2, 0.25) is 5.91 Å². The molecule has 0 spiro atoms. The molecule has 0 aliphatic carbocycles. The Balaban J connectivity index is 1.99. The molecule has 3 amide bonds. The van der Waals surface area contributed by atoms with Gasteiger partial charge in [-0.2, -0.15) is 0 Å². The van der Waals surface area contributed by atoms with E-state index in [2.05, 4.69) is 20.9 Å². The van der Waals surface area contributed by atoms with Gasteiger partial charge in [-0.1, -0.05) is 12.1 Å². The summed E-state index contributed by atoms with van der Waals surface area (Å²) in [5.41, 5.74) is 0.726. The molecule has 0 aliphatic rings. The number of carbonyl (C=O) groups is 2. The van der Waals surface area contributed by atoms with Crippen molar-refractivity contribution in [3.8, 4) is 0 Å². The van der Waals surface area contributed by atoms with Crippen LogP contribution in [0.5, 0.6) is 0 Å². The SMILES string of the molecule is CC(=O)NCCCNC(=O)NC(c1ccc(F)cc1)c1nccn1C. The largest absolute Gasteiger partial charge is 0.356 e. The van der Waals surface area contributed by atoms with Crippen molar-refractivity contribution in [2.24, 2.45) is 7.05 Å². The van der Waals surface area contributed by atoms with E-state index in [-0.39, 0.29) is 17.8 Å². The fraction of sp³-hybridized carbons (Fsp3) is 0.353. The standard InChI is InChI=1S/C17H22FN5O2/c1-12(24)19-8-3-9-21-17(25)22-15(16-20-10-11-23(16)2)13-4-6-14(18)7-5-13/h4-7,10-11,15H,3,8-9H2,1-2H3,(H,19,24)(H2,21,22,25). The summed E-state index contributed by atoms with van der Waals surface area (Å²) < 4.78 is 15.0. The van der Waals surface area contributed by atoms with Crippen LogP contribution in [0.4, 0.5) is 9.18 Å². The Hall–Kier alpha value is -2.90. The van der Waals surface area contributed by atoms with Gasteiger partial charge in [0.05, 0.1) is 0 Å². The molecule has 8 heteroatoms. The minimum absolute atomic E-state index is 0.101. The normalized spacial score (nSPS) is 11.6. The lowest BCUT2D eigenvalue weighted by molar-refractivity contribution is -0.118. The van der Waals surface area contributed by atoms with Gasteiger partial charge in [-0.05, 0) is 24.1 Å². The molecular weight excluding hydrogens is 325 g/mol. The maximum absolute atomic E-state index is 13.2. The second kappa shape index (κ2) is 8.81. The van der Waals surface area contributed by atoms with Gasteiger partial charge in [-0.15, -0.1) is 0 Å². The molecule has 0 radical (unpaired) electrons. The molecule has 2 aromatic rings. The van der Waals surface area contributed by atoms with Gasteiger partial charge >= 0.3 is 6.03 Å². The Morgan fingerprint density at radius 1 is 1.20 bits per heavy atom. The van der Waals surface area contributed by atoms with Gasteiger partial charge in [-0.25, -0.2) is 14.2 Å². The maximum atomic E-state index is 13.2. The molecule has 1 heterocycles. The molecule has 1 aromatic carbocycles. The molecule has 0 fully saturated rings. The number of benzene rings is 1. The van der Waals surface area contributed by atoms with E-state index in [4.69, 9.17) is 0 Å². The van der Waals surface area contributed by atoms with Crippen molar-refractivity contribution < 1.29 is 14.0 Å². The number of carbonyl (C=O) groups excluding carboxylic acids is 2. The van der Waals surface area contributed by atoms with E-state index >= 15 is 0 Å². The number of aromatic nitrogens is 2. The van der Waals surface area contributed by atoms with Gasteiger partial charge in [0, 0.05) is 39.5 Å². The number of hydrogen-bond acceptors (Lipinski definition) is 3. The fourth-order valence-corrected chi connectivity index (χ4v) is 2.34. The number of rotatable bonds is 7. The van der Waals surface area contributed by atoms with Crippen LogP contribution in [-0.2, 0) is 11.8 Å². The first-order chi connectivity index (χ1) is 12.0. The second-order valence-corrected chi connectivity index (χ2v) is 5.62. The Labute approximate surface area is 145 Å². The fourth-order valence-electron chi connectivity index (χ4n) is 2.34. The third-order valence-corrected chi connectivity index (χ3v) is 3.61. The van der Waals surface area contributed by atoms with Crippen molar-refractivity contribution in [1.29, 1.82) is 0 Å². The highest BCUT2D eigenvalue weighted by molar-refractivity contribution is 5.75. The van der Waals surface area contributed by atoms with E-state index in [9.17, 15) is 14.0 Å². The van der Waals surface area contributed by atoms with Crippen LogP contribution in [0.1, 0.15) is 30.8 Å². The van der Waals surface area contributed by atoms with E-state index in [0.717, 1.165) is 5.56 Å². The number of nitrogens with one attached hydrogen (secondary N) is 3. The Morgan fingerprint density at radius 2 is 1.88 bits per heavy atom. The number of urea groups is 1. The summed E-state index contributed by atoms with van der Waals surface area (Å²) in [6.07, 6.45) is 4.04. The van der Waals surface area contributed by atoms with Crippen LogP contribution in [0.3, 0.4) is 0 Å². The monoisotopic (exact) mass is 347 g/mol. The van der Waals surface area contributed by atoms with Crippen LogP contribution in [-0.4, -0.2) is 34.6 Å². The molecule has 0 aliphatic heterocycles. The highest BCUT2D eigenvalue weighted by atomic mass is 19.1. The third-order valence-electron chi connectivity index (χ3n) is 3.61. The van der Waals surface area contributed by atoms with Crippen LogP contribution in [0.15, 0.2) is 36.7 Å². The molecule has 1 unspecified atom stereocenters.